The SMILES string of the molecule is [2H]C([2H])([2H])[C@@]1(C)C[C@@](C)(O)c2c(c3ccccc3n2O)C1=O. The highest BCUT2D eigenvalue weighted by molar-refractivity contribution is 6.12. The van der Waals surface area contributed by atoms with E-state index >= 15 is 0 Å². The van der Waals surface area contributed by atoms with Crippen LogP contribution in [0, 0.1) is 5.41 Å². The summed E-state index contributed by atoms with van der Waals surface area (Å²) in [5.74, 6) is -0.571. The van der Waals surface area contributed by atoms with Crippen LogP contribution in [0.5, 0.6) is 0 Å². The number of rotatable bonds is 0. The molecule has 1 aromatic heterocycles. The van der Waals surface area contributed by atoms with Crippen molar-refractivity contribution in [3.8, 4) is 0 Å². The minimum Gasteiger partial charge on any atom is -0.428 e. The van der Waals surface area contributed by atoms with Gasteiger partial charge < -0.3 is 10.3 Å². The first kappa shape index (κ1) is 9.15. The van der Waals surface area contributed by atoms with E-state index in [9.17, 15) is 15.1 Å². The molecular weight excluding hydrogens is 242 g/mol. The molecule has 100 valence electrons. The lowest BCUT2D eigenvalue weighted by Gasteiger charge is -2.38. The minimum atomic E-state index is -2.55. The van der Waals surface area contributed by atoms with Crippen LogP contribution in [-0.4, -0.2) is 20.8 Å². The van der Waals surface area contributed by atoms with Crippen LogP contribution in [0.15, 0.2) is 24.3 Å². The minimum absolute atomic E-state index is 0.0559. The van der Waals surface area contributed by atoms with E-state index in [1.807, 2.05) is 0 Å². The maximum Gasteiger partial charge on any atom is 0.171 e. The van der Waals surface area contributed by atoms with Crippen molar-refractivity contribution >= 4 is 16.7 Å². The Morgan fingerprint density at radius 3 is 2.74 bits per heavy atom. The van der Waals surface area contributed by atoms with Gasteiger partial charge in [0.1, 0.15) is 11.3 Å². The monoisotopic (exact) mass is 262 g/mol. The molecule has 0 saturated heterocycles. The van der Waals surface area contributed by atoms with Gasteiger partial charge in [0.25, 0.3) is 0 Å². The second kappa shape index (κ2) is 3.39. The molecule has 1 aliphatic carbocycles. The Morgan fingerprint density at radius 1 is 1.37 bits per heavy atom. The number of fused-ring (bicyclic) bond motifs is 3. The highest BCUT2D eigenvalue weighted by atomic mass is 16.5. The number of hydrogen-bond acceptors (Lipinski definition) is 3. The fourth-order valence-corrected chi connectivity index (χ4v) is 3.08. The van der Waals surface area contributed by atoms with Gasteiger partial charge >= 0.3 is 0 Å². The molecule has 0 bridgehead atoms. The second-order valence-electron chi connectivity index (χ2n) is 5.66. The Kier molecular flexibility index (Phi) is 1.63. The van der Waals surface area contributed by atoms with Crippen LogP contribution in [0.25, 0.3) is 10.9 Å². The summed E-state index contributed by atoms with van der Waals surface area (Å²) in [7, 11) is 0. The van der Waals surface area contributed by atoms with E-state index in [4.69, 9.17) is 4.11 Å². The van der Waals surface area contributed by atoms with Gasteiger partial charge in [0, 0.05) is 14.9 Å². The molecule has 3 rings (SSSR count). The molecule has 4 heteroatoms. The predicted octanol–water partition coefficient (Wildman–Crippen LogP) is 2.70. The van der Waals surface area contributed by atoms with Crippen molar-refractivity contribution in [1.82, 2.24) is 4.73 Å². The molecule has 0 fully saturated rings. The van der Waals surface area contributed by atoms with E-state index in [-0.39, 0.29) is 17.7 Å². The van der Waals surface area contributed by atoms with Crippen LogP contribution < -0.4 is 0 Å². The van der Waals surface area contributed by atoms with Crippen LogP contribution in [0.4, 0.5) is 0 Å². The second-order valence-corrected chi connectivity index (χ2v) is 5.66. The first-order chi connectivity index (χ1) is 10.0. The summed E-state index contributed by atoms with van der Waals surface area (Å²) in [5, 5.41) is 21.5. The zero-order chi connectivity index (χ0) is 16.5. The summed E-state index contributed by atoms with van der Waals surface area (Å²) in [6.45, 7) is 0.224. The average molecular weight is 262 g/mol. The summed E-state index contributed by atoms with van der Waals surface area (Å²) >= 11 is 0. The average Bonchev–Trinajstić information content (AvgIpc) is 2.70. The number of benzene rings is 1. The summed E-state index contributed by atoms with van der Waals surface area (Å²) < 4.78 is 23.9. The van der Waals surface area contributed by atoms with Crippen molar-refractivity contribution in [2.24, 2.45) is 5.41 Å². The lowest BCUT2D eigenvalue weighted by Crippen LogP contribution is -2.42. The van der Waals surface area contributed by atoms with Crippen LogP contribution in [0.3, 0.4) is 0 Å². The molecule has 0 spiro atoms. The van der Waals surface area contributed by atoms with E-state index in [1.165, 1.54) is 13.8 Å². The number of nitrogens with zero attached hydrogens (tertiary/aromatic N) is 1. The van der Waals surface area contributed by atoms with E-state index in [0.29, 0.717) is 10.9 Å². The van der Waals surface area contributed by atoms with Crippen molar-refractivity contribution < 1.29 is 19.2 Å². The first-order valence-corrected chi connectivity index (χ1v) is 6.11. The Balaban J connectivity index is 2.42. The highest BCUT2D eigenvalue weighted by Crippen LogP contribution is 2.47. The number of ketones is 1. The molecule has 0 unspecified atom stereocenters. The van der Waals surface area contributed by atoms with Crippen molar-refractivity contribution in [3.05, 3.63) is 35.5 Å². The van der Waals surface area contributed by atoms with Crippen LogP contribution in [-0.2, 0) is 5.60 Å². The van der Waals surface area contributed by atoms with Crippen molar-refractivity contribution in [2.45, 2.75) is 32.7 Å². The number of aliphatic hydroxyl groups is 1. The Hall–Kier alpha value is -1.81. The maximum atomic E-state index is 12.9. The van der Waals surface area contributed by atoms with E-state index in [0.717, 1.165) is 4.73 Å². The number of carbonyl (C=O) groups excluding carboxylic acids is 1. The van der Waals surface area contributed by atoms with Gasteiger partial charge in [-0.25, -0.2) is 0 Å². The zero-order valence-electron chi connectivity index (χ0n) is 13.8. The van der Waals surface area contributed by atoms with Gasteiger partial charge in [-0.05, 0) is 19.4 Å². The lowest BCUT2D eigenvalue weighted by atomic mass is 9.68. The predicted molar refractivity (Wildman–Crippen MR) is 71.4 cm³/mol. The van der Waals surface area contributed by atoms with Gasteiger partial charge in [-0.15, -0.1) is 0 Å². The summed E-state index contributed by atoms with van der Waals surface area (Å²) in [4.78, 5) is 12.9. The molecule has 2 N–H and O–H groups in total. The molecule has 4 nitrogen and oxygen atoms in total. The number of hydrogen-bond donors (Lipinski definition) is 2. The molecule has 2 atom stereocenters. The fraction of sp³-hybridized carbons (Fsp3) is 0.400. The molecule has 0 saturated carbocycles. The maximum absolute atomic E-state index is 12.9. The van der Waals surface area contributed by atoms with Crippen molar-refractivity contribution in [2.75, 3.05) is 0 Å². The molecule has 0 aliphatic heterocycles. The molecule has 19 heavy (non-hydrogen) atoms. The summed E-state index contributed by atoms with van der Waals surface area (Å²) in [6, 6.07) is 6.65. The number of aromatic nitrogens is 1. The van der Waals surface area contributed by atoms with Crippen LogP contribution in [0.2, 0.25) is 0 Å². The van der Waals surface area contributed by atoms with E-state index < -0.39 is 23.7 Å². The molecule has 0 radical (unpaired) electrons. The van der Waals surface area contributed by atoms with Crippen molar-refractivity contribution in [3.63, 3.8) is 0 Å². The number of carbonyl (C=O) groups is 1. The van der Waals surface area contributed by atoms with Crippen molar-refractivity contribution in [1.29, 1.82) is 0 Å². The summed E-state index contributed by atoms with van der Waals surface area (Å²) in [6.07, 6.45) is -0.279. The standard InChI is InChI=1S/C15H17NO3/c1-14(2)8-15(3,18)12-11(13(14)17)9-6-4-5-7-10(9)16(12)19/h4-7,18-19H,8H2,1-3H3/t15-/m1/s1/i1D3/t14-,15-. The van der Waals surface area contributed by atoms with Crippen LogP contribution >= 0.6 is 0 Å². The first-order valence-electron chi connectivity index (χ1n) is 7.61. The summed E-state index contributed by atoms with van der Waals surface area (Å²) in [5.41, 5.74) is -2.81. The van der Waals surface area contributed by atoms with E-state index in [2.05, 4.69) is 0 Å². The van der Waals surface area contributed by atoms with Gasteiger partial charge in [-0.2, -0.15) is 4.73 Å². The van der Waals surface area contributed by atoms with Gasteiger partial charge in [0.2, 0.25) is 0 Å². The normalized spacial score (nSPS) is 33.6. The van der Waals surface area contributed by atoms with Gasteiger partial charge in [-0.3, -0.25) is 4.79 Å². The highest BCUT2D eigenvalue weighted by Gasteiger charge is 2.48. The van der Waals surface area contributed by atoms with E-state index in [1.54, 1.807) is 24.3 Å². The Bertz CT molecular complexity index is 791. The largest absolute Gasteiger partial charge is 0.428 e. The van der Waals surface area contributed by atoms with Crippen LogP contribution in [0.1, 0.15) is 47.3 Å². The molecule has 1 aromatic carbocycles. The fourth-order valence-electron chi connectivity index (χ4n) is 3.08. The molecule has 1 heterocycles. The zero-order valence-corrected chi connectivity index (χ0v) is 10.8. The molecule has 0 amide bonds. The number of para-hydroxylation sites is 1. The molecular formula is C15H17NO3. The Morgan fingerprint density at radius 2 is 2.05 bits per heavy atom. The topological polar surface area (TPSA) is 62.5 Å². The Labute approximate surface area is 115 Å². The number of Topliss-reactive ketones (excluding diaryl/α,β-unsaturated/α-hetero) is 1. The third-order valence-electron chi connectivity index (χ3n) is 3.79. The van der Waals surface area contributed by atoms with Gasteiger partial charge in [0.15, 0.2) is 5.78 Å². The molecule has 1 aliphatic rings. The smallest absolute Gasteiger partial charge is 0.171 e. The van der Waals surface area contributed by atoms with Gasteiger partial charge in [0.05, 0.1) is 11.1 Å². The third kappa shape index (κ3) is 1.46. The molecule has 2 aromatic rings. The quantitative estimate of drug-likeness (QED) is 0.717. The third-order valence-corrected chi connectivity index (χ3v) is 3.79. The van der Waals surface area contributed by atoms with Gasteiger partial charge in [-0.1, -0.05) is 32.0 Å². The lowest BCUT2D eigenvalue weighted by molar-refractivity contribution is -0.0149.